The summed E-state index contributed by atoms with van der Waals surface area (Å²) < 4.78 is 11.9. The summed E-state index contributed by atoms with van der Waals surface area (Å²) in [6, 6.07) is 7.49. The second-order valence-corrected chi connectivity index (χ2v) is 10.5. The van der Waals surface area contributed by atoms with Crippen LogP contribution >= 0.6 is 0 Å². The van der Waals surface area contributed by atoms with Gasteiger partial charge < -0.3 is 14.4 Å². The number of ether oxygens (including phenoxy) is 2. The second kappa shape index (κ2) is 12.1. The Morgan fingerprint density at radius 1 is 1.18 bits per heavy atom. The molecular weight excluding hydrogens is 422 g/mol. The number of hydrogen-bond acceptors (Lipinski definition) is 5. The van der Waals surface area contributed by atoms with Crippen molar-refractivity contribution >= 4 is 6.72 Å². The first kappa shape index (κ1) is 25.2. The highest BCUT2D eigenvalue weighted by Crippen LogP contribution is 2.35. The number of aliphatic imine (C=N–C) groups is 1. The summed E-state index contributed by atoms with van der Waals surface area (Å²) in [7, 11) is 2.24. The molecule has 0 N–H and O–H groups in total. The van der Waals surface area contributed by atoms with E-state index < -0.39 is 0 Å². The van der Waals surface area contributed by atoms with Crippen molar-refractivity contribution in [3.8, 4) is 5.75 Å². The SMILES string of the molecule is C=N/C=C\C/C(=C(\C)COc1ccc(C2CN(C3CCN(C)CC3)C2)c(C)c1)C1CCOCC1. The van der Waals surface area contributed by atoms with Crippen molar-refractivity contribution in [3.05, 3.63) is 52.7 Å². The van der Waals surface area contributed by atoms with Crippen LogP contribution in [0.1, 0.15) is 56.1 Å². The summed E-state index contributed by atoms with van der Waals surface area (Å²) in [5.41, 5.74) is 5.65. The predicted octanol–water partition coefficient (Wildman–Crippen LogP) is 5.21. The van der Waals surface area contributed by atoms with Crippen LogP contribution in [0, 0.1) is 12.8 Å². The van der Waals surface area contributed by atoms with Crippen LogP contribution < -0.4 is 4.74 Å². The van der Waals surface area contributed by atoms with E-state index in [0.717, 1.165) is 44.3 Å². The zero-order chi connectivity index (χ0) is 23.9. The lowest BCUT2D eigenvalue weighted by atomic mass is 9.85. The number of rotatable bonds is 9. The first-order valence-corrected chi connectivity index (χ1v) is 13.1. The van der Waals surface area contributed by atoms with Crippen molar-refractivity contribution in [2.45, 2.75) is 57.9 Å². The average molecular weight is 466 g/mol. The van der Waals surface area contributed by atoms with E-state index in [1.807, 2.05) is 0 Å². The van der Waals surface area contributed by atoms with Crippen molar-refractivity contribution in [2.24, 2.45) is 10.9 Å². The fourth-order valence-electron chi connectivity index (χ4n) is 5.84. The van der Waals surface area contributed by atoms with E-state index in [0.29, 0.717) is 18.4 Å². The monoisotopic (exact) mass is 465 g/mol. The standard InChI is InChI=1S/C29H43N3O2/c1-22-18-27(7-8-29(22)25-19-32(20-25)26-9-14-31(4)15-10-26)34-21-23(2)28(6-5-13-30-3)24-11-16-33-17-12-24/h5,7-8,13,18,24-26H,3,6,9-12,14-17,19-21H2,1-2,4H3/b13-5-,28-23-. The minimum Gasteiger partial charge on any atom is -0.489 e. The third-order valence-corrected chi connectivity index (χ3v) is 8.06. The quantitative estimate of drug-likeness (QED) is 0.370. The molecule has 3 aliphatic heterocycles. The summed E-state index contributed by atoms with van der Waals surface area (Å²) in [5.74, 6) is 2.21. The molecule has 3 saturated heterocycles. The molecule has 0 radical (unpaired) electrons. The van der Waals surface area contributed by atoms with Gasteiger partial charge in [0.2, 0.25) is 0 Å². The predicted molar refractivity (Wildman–Crippen MR) is 141 cm³/mol. The number of likely N-dealkylation sites (tertiary alicyclic amines) is 2. The molecular formula is C29H43N3O2. The molecule has 4 rings (SSSR count). The van der Waals surface area contributed by atoms with Crippen molar-refractivity contribution in [3.63, 3.8) is 0 Å². The number of benzene rings is 1. The maximum atomic E-state index is 6.28. The second-order valence-electron chi connectivity index (χ2n) is 10.5. The lowest BCUT2D eigenvalue weighted by Gasteiger charge is -2.47. The summed E-state index contributed by atoms with van der Waals surface area (Å²) in [6.45, 7) is 15.2. The van der Waals surface area contributed by atoms with Gasteiger partial charge in [0.15, 0.2) is 0 Å². The molecule has 1 aromatic rings. The van der Waals surface area contributed by atoms with E-state index in [9.17, 15) is 0 Å². The first-order chi connectivity index (χ1) is 16.5. The number of piperidine rings is 1. The van der Waals surface area contributed by atoms with E-state index in [1.54, 1.807) is 6.20 Å². The Morgan fingerprint density at radius 3 is 2.59 bits per heavy atom. The van der Waals surface area contributed by atoms with Crippen LogP contribution in [0.2, 0.25) is 0 Å². The number of hydrogen-bond donors (Lipinski definition) is 0. The van der Waals surface area contributed by atoms with Gasteiger partial charge in [-0.15, -0.1) is 0 Å². The normalized spacial score (nSPS) is 22.6. The topological polar surface area (TPSA) is 37.3 Å². The molecule has 0 unspecified atom stereocenters. The van der Waals surface area contributed by atoms with Crippen molar-refractivity contribution in [2.75, 3.05) is 53.0 Å². The van der Waals surface area contributed by atoms with Gasteiger partial charge in [0, 0.05) is 44.5 Å². The molecule has 186 valence electrons. The smallest absolute Gasteiger partial charge is 0.120 e. The molecule has 5 nitrogen and oxygen atoms in total. The molecule has 5 heteroatoms. The molecule has 0 aromatic heterocycles. The summed E-state index contributed by atoms with van der Waals surface area (Å²) in [5, 5.41) is 0. The van der Waals surface area contributed by atoms with Crippen LogP contribution in [-0.2, 0) is 4.74 Å². The van der Waals surface area contributed by atoms with Crippen LogP contribution in [0.25, 0.3) is 0 Å². The molecule has 34 heavy (non-hydrogen) atoms. The highest BCUT2D eigenvalue weighted by Gasteiger charge is 2.35. The van der Waals surface area contributed by atoms with Crippen LogP contribution in [0.4, 0.5) is 0 Å². The van der Waals surface area contributed by atoms with Gasteiger partial charge >= 0.3 is 0 Å². The fourth-order valence-corrected chi connectivity index (χ4v) is 5.84. The highest BCUT2D eigenvalue weighted by molar-refractivity contribution is 5.38. The molecule has 3 fully saturated rings. The first-order valence-electron chi connectivity index (χ1n) is 13.1. The van der Waals surface area contributed by atoms with Crippen LogP contribution in [-0.4, -0.2) is 75.6 Å². The van der Waals surface area contributed by atoms with Gasteiger partial charge in [-0.1, -0.05) is 17.7 Å². The minimum atomic E-state index is 0.571. The maximum absolute atomic E-state index is 6.28. The molecule has 0 aliphatic carbocycles. The highest BCUT2D eigenvalue weighted by atomic mass is 16.5. The van der Waals surface area contributed by atoms with E-state index in [1.165, 1.54) is 61.3 Å². The van der Waals surface area contributed by atoms with Gasteiger partial charge in [0.1, 0.15) is 12.4 Å². The largest absolute Gasteiger partial charge is 0.489 e. The van der Waals surface area contributed by atoms with Crippen LogP contribution in [0.5, 0.6) is 5.75 Å². The van der Waals surface area contributed by atoms with Gasteiger partial charge in [-0.3, -0.25) is 9.89 Å². The number of allylic oxidation sites excluding steroid dienone is 2. The molecule has 0 amide bonds. The van der Waals surface area contributed by atoms with E-state index in [2.05, 4.69) is 66.7 Å². The van der Waals surface area contributed by atoms with Crippen molar-refractivity contribution in [1.29, 1.82) is 0 Å². The van der Waals surface area contributed by atoms with Crippen molar-refractivity contribution in [1.82, 2.24) is 9.80 Å². The zero-order valence-electron chi connectivity index (χ0n) is 21.5. The van der Waals surface area contributed by atoms with Crippen LogP contribution in [0.15, 0.2) is 46.6 Å². The molecule has 3 aliphatic rings. The molecule has 0 saturated carbocycles. The lowest BCUT2D eigenvalue weighted by Crippen LogP contribution is -2.53. The third kappa shape index (κ3) is 6.38. The fraction of sp³-hybridized carbons (Fsp3) is 0.621. The van der Waals surface area contributed by atoms with Gasteiger partial charge in [-0.25, -0.2) is 0 Å². The number of aryl methyl sites for hydroxylation is 1. The van der Waals surface area contributed by atoms with Crippen LogP contribution in [0.3, 0.4) is 0 Å². The molecule has 0 spiro atoms. The van der Waals surface area contributed by atoms with E-state index >= 15 is 0 Å². The Hall–Kier alpha value is -1.95. The van der Waals surface area contributed by atoms with Gasteiger partial charge in [-0.05, 0) is 108 Å². The van der Waals surface area contributed by atoms with Crippen molar-refractivity contribution < 1.29 is 9.47 Å². The average Bonchev–Trinajstić information content (AvgIpc) is 2.82. The zero-order valence-corrected chi connectivity index (χ0v) is 21.5. The lowest BCUT2D eigenvalue weighted by molar-refractivity contribution is 0.0523. The van der Waals surface area contributed by atoms with E-state index in [4.69, 9.17) is 9.47 Å². The van der Waals surface area contributed by atoms with E-state index in [-0.39, 0.29) is 0 Å². The molecule has 0 bridgehead atoms. The Bertz CT molecular complexity index is 873. The Morgan fingerprint density at radius 2 is 1.91 bits per heavy atom. The van der Waals surface area contributed by atoms with Gasteiger partial charge in [0.25, 0.3) is 0 Å². The third-order valence-electron chi connectivity index (χ3n) is 8.06. The molecule has 0 atom stereocenters. The Balaban J connectivity index is 1.33. The summed E-state index contributed by atoms with van der Waals surface area (Å²) in [6.07, 6.45) is 9.62. The number of nitrogens with zero attached hydrogens (tertiary/aromatic N) is 3. The Kier molecular flexibility index (Phi) is 8.98. The molecule has 3 heterocycles. The maximum Gasteiger partial charge on any atom is 0.120 e. The Labute approximate surface area is 206 Å². The van der Waals surface area contributed by atoms with Gasteiger partial charge in [-0.2, -0.15) is 0 Å². The van der Waals surface area contributed by atoms with Gasteiger partial charge in [0.05, 0.1) is 0 Å². The summed E-state index contributed by atoms with van der Waals surface area (Å²) >= 11 is 0. The summed E-state index contributed by atoms with van der Waals surface area (Å²) in [4.78, 5) is 9.02. The molecule has 1 aromatic carbocycles. The minimum absolute atomic E-state index is 0.571.